The molecule has 18 heavy (non-hydrogen) atoms. The molecular formula is C14H17FO3. The van der Waals surface area contributed by atoms with Crippen molar-refractivity contribution < 1.29 is 18.7 Å². The van der Waals surface area contributed by atoms with Gasteiger partial charge in [-0.2, -0.15) is 0 Å². The number of aryl methyl sites for hydroxylation is 1. The van der Waals surface area contributed by atoms with Gasteiger partial charge < -0.3 is 9.47 Å². The standard InChI is InChI=1S/C14H17FO3/c1-10-3-4-11(9-12(10)15)14(13(16)17-2)5-7-18-8-6-14/h3-4,9H,5-8H2,1-2H3. The molecule has 0 bridgehead atoms. The summed E-state index contributed by atoms with van der Waals surface area (Å²) in [6, 6.07) is 4.95. The summed E-state index contributed by atoms with van der Waals surface area (Å²) in [5.41, 5.74) is 0.494. The fourth-order valence-corrected chi connectivity index (χ4v) is 2.42. The highest BCUT2D eigenvalue weighted by molar-refractivity contribution is 5.83. The van der Waals surface area contributed by atoms with Crippen molar-refractivity contribution in [1.29, 1.82) is 0 Å². The third kappa shape index (κ3) is 2.12. The molecule has 0 aliphatic carbocycles. The molecule has 0 aromatic heterocycles. The Morgan fingerprint density at radius 2 is 2.06 bits per heavy atom. The molecule has 1 aliphatic rings. The molecule has 0 radical (unpaired) electrons. The molecule has 1 fully saturated rings. The van der Waals surface area contributed by atoms with Crippen molar-refractivity contribution in [2.45, 2.75) is 25.2 Å². The fraction of sp³-hybridized carbons (Fsp3) is 0.500. The summed E-state index contributed by atoms with van der Waals surface area (Å²) in [7, 11) is 1.37. The van der Waals surface area contributed by atoms with E-state index < -0.39 is 5.41 Å². The molecule has 3 nitrogen and oxygen atoms in total. The molecule has 0 spiro atoms. The topological polar surface area (TPSA) is 35.5 Å². The van der Waals surface area contributed by atoms with Gasteiger partial charge in [-0.3, -0.25) is 4.79 Å². The zero-order chi connectivity index (χ0) is 13.2. The number of carbonyl (C=O) groups is 1. The first-order chi connectivity index (χ1) is 8.60. The Balaban J connectivity index is 2.45. The smallest absolute Gasteiger partial charge is 0.316 e. The van der Waals surface area contributed by atoms with Crippen LogP contribution in [0.25, 0.3) is 0 Å². The van der Waals surface area contributed by atoms with Crippen molar-refractivity contribution >= 4 is 5.97 Å². The average Bonchev–Trinajstić information content (AvgIpc) is 2.41. The minimum atomic E-state index is -0.762. The Kier molecular flexibility index (Phi) is 3.66. The number of methoxy groups -OCH3 is 1. The van der Waals surface area contributed by atoms with Crippen LogP contribution in [0.4, 0.5) is 4.39 Å². The summed E-state index contributed by atoms with van der Waals surface area (Å²) < 4.78 is 23.9. The Morgan fingerprint density at radius 1 is 1.39 bits per heavy atom. The molecule has 1 heterocycles. The van der Waals surface area contributed by atoms with Crippen LogP contribution in [0.3, 0.4) is 0 Å². The molecule has 1 aromatic rings. The predicted octanol–water partition coefficient (Wildman–Crippen LogP) is 2.36. The Morgan fingerprint density at radius 3 is 2.61 bits per heavy atom. The van der Waals surface area contributed by atoms with Gasteiger partial charge in [-0.25, -0.2) is 4.39 Å². The zero-order valence-electron chi connectivity index (χ0n) is 10.7. The highest BCUT2D eigenvalue weighted by atomic mass is 19.1. The quantitative estimate of drug-likeness (QED) is 0.758. The molecule has 1 aliphatic heterocycles. The number of carbonyl (C=O) groups excluding carboxylic acids is 1. The molecule has 0 unspecified atom stereocenters. The maximum atomic E-state index is 13.7. The van der Waals surface area contributed by atoms with Crippen molar-refractivity contribution in [1.82, 2.24) is 0 Å². The van der Waals surface area contributed by atoms with Gasteiger partial charge in [-0.1, -0.05) is 12.1 Å². The molecule has 0 saturated carbocycles. The van der Waals surface area contributed by atoms with Crippen LogP contribution < -0.4 is 0 Å². The first-order valence-corrected chi connectivity index (χ1v) is 6.03. The summed E-state index contributed by atoms with van der Waals surface area (Å²) in [6.45, 7) is 2.68. The lowest BCUT2D eigenvalue weighted by molar-refractivity contribution is -0.151. The van der Waals surface area contributed by atoms with Crippen LogP contribution in [0, 0.1) is 12.7 Å². The second-order valence-electron chi connectivity index (χ2n) is 4.65. The lowest BCUT2D eigenvalue weighted by Crippen LogP contribution is -2.42. The van der Waals surface area contributed by atoms with Crippen LogP contribution in [0.15, 0.2) is 18.2 Å². The highest BCUT2D eigenvalue weighted by Crippen LogP contribution is 2.36. The van der Waals surface area contributed by atoms with E-state index in [2.05, 4.69) is 0 Å². The molecule has 0 atom stereocenters. The molecule has 2 rings (SSSR count). The first kappa shape index (κ1) is 13.0. The van der Waals surface area contributed by atoms with Crippen LogP contribution in [0.5, 0.6) is 0 Å². The number of hydrogen-bond acceptors (Lipinski definition) is 3. The minimum absolute atomic E-state index is 0.290. The molecule has 1 saturated heterocycles. The number of ether oxygens (including phenoxy) is 2. The molecule has 0 amide bonds. The molecule has 4 heteroatoms. The summed E-state index contributed by atoms with van der Waals surface area (Å²) in [6.07, 6.45) is 1.06. The number of esters is 1. The summed E-state index contributed by atoms with van der Waals surface area (Å²) in [4.78, 5) is 12.1. The lowest BCUT2D eigenvalue weighted by atomic mass is 9.74. The third-order valence-electron chi connectivity index (χ3n) is 3.65. The van der Waals surface area contributed by atoms with Gasteiger partial charge in [-0.05, 0) is 37.0 Å². The van der Waals surface area contributed by atoms with Gasteiger partial charge >= 0.3 is 5.97 Å². The van der Waals surface area contributed by atoms with Crippen molar-refractivity contribution in [3.63, 3.8) is 0 Å². The van der Waals surface area contributed by atoms with E-state index in [1.165, 1.54) is 13.2 Å². The Labute approximate surface area is 106 Å². The van der Waals surface area contributed by atoms with Crippen molar-refractivity contribution in [3.8, 4) is 0 Å². The highest BCUT2D eigenvalue weighted by Gasteiger charge is 2.43. The van der Waals surface area contributed by atoms with Gasteiger partial charge in [0.25, 0.3) is 0 Å². The van der Waals surface area contributed by atoms with E-state index in [1.54, 1.807) is 19.1 Å². The molecule has 0 N–H and O–H groups in total. The maximum absolute atomic E-state index is 13.7. The van der Waals surface area contributed by atoms with Gasteiger partial charge in [0.15, 0.2) is 0 Å². The van der Waals surface area contributed by atoms with Crippen molar-refractivity contribution in [2.75, 3.05) is 20.3 Å². The normalized spacial score (nSPS) is 18.4. The number of rotatable bonds is 2. The van der Waals surface area contributed by atoms with Crippen LogP contribution >= 0.6 is 0 Å². The average molecular weight is 252 g/mol. The van der Waals surface area contributed by atoms with Crippen molar-refractivity contribution in [2.24, 2.45) is 0 Å². The van der Waals surface area contributed by atoms with Gasteiger partial charge in [0.2, 0.25) is 0 Å². The Bertz CT molecular complexity index is 450. The Hall–Kier alpha value is -1.42. The lowest BCUT2D eigenvalue weighted by Gasteiger charge is -2.34. The second kappa shape index (κ2) is 5.06. The van der Waals surface area contributed by atoms with E-state index in [1.807, 2.05) is 0 Å². The number of benzene rings is 1. The fourth-order valence-electron chi connectivity index (χ4n) is 2.42. The van der Waals surface area contributed by atoms with E-state index in [-0.39, 0.29) is 11.8 Å². The number of halogens is 1. The molecular weight excluding hydrogens is 235 g/mol. The van der Waals surface area contributed by atoms with E-state index in [0.717, 1.165) is 0 Å². The van der Waals surface area contributed by atoms with E-state index in [9.17, 15) is 9.18 Å². The van der Waals surface area contributed by atoms with Crippen LogP contribution in [0.2, 0.25) is 0 Å². The van der Waals surface area contributed by atoms with E-state index >= 15 is 0 Å². The zero-order valence-corrected chi connectivity index (χ0v) is 10.7. The van der Waals surface area contributed by atoms with Gasteiger partial charge in [-0.15, -0.1) is 0 Å². The maximum Gasteiger partial charge on any atom is 0.316 e. The van der Waals surface area contributed by atoms with Crippen LogP contribution in [-0.2, 0) is 19.7 Å². The van der Waals surface area contributed by atoms with E-state index in [0.29, 0.717) is 37.2 Å². The van der Waals surface area contributed by atoms with Gasteiger partial charge in [0, 0.05) is 13.2 Å². The number of hydrogen-bond donors (Lipinski definition) is 0. The SMILES string of the molecule is COC(=O)C1(c2ccc(C)c(F)c2)CCOCC1. The monoisotopic (exact) mass is 252 g/mol. The second-order valence-corrected chi connectivity index (χ2v) is 4.65. The third-order valence-corrected chi connectivity index (χ3v) is 3.65. The van der Waals surface area contributed by atoms with E-state index in [4.69, 9.17) is 9.47 Å². The van der Waals surface area contributed by atoms with Gasteiger partial charge in [0.1, 0.15) is 5.82 Å². The van der Waals surface area contributed by atoms with Crippen molar-refractivity contribution in [3.05, 3.63) is 35.1 Å². The first-order valence-electron chi connectivity index (χ1n) is 6.03. The van der Waals surface area contributed by atoms with Crippen LogP contribution in [0.1, 0.15) is 24.0 Å². The molecule has 1 aromatic carbocycles. The molecule has 98 valence electrons. The van der Waals surface area contributed by atoms with Crippen LogP contribution in [-0.4, -0.2) is 26.3 Å². The summed E-state index contributed by atoms with van der Waals surface area (Å²) in [5.74, 6) is -0.601. The van der Waals surface area contributed by atoms with Gasteiger partial charge in [0.05, 0.1) is 12.5 Å². The summed E-state index contributed by atoms with van der Waals surface area (Å²) in [5, 5.41) is 0. The summed E-state index contributed by atoms with van der Waals surface area (Å²) >= 11 is 0. The largest absolute Gasteiger partial charge is 0.468 e. The minimum Gasteiger partial charge on any atom is -0.468 e. The predicted molar refractivity (Wildman–Crippen MR) is 64.9 cm³/mol.